The molecule has 17 heavy (non-hydrogen) atoms. The lowest BCUT2D eigenvalue weighted by Gasteiger charge is -2.19. The van der Waals surface area contributed by atoms with E-state index in [0.29, 0.717) is 16.6 Å². The molecule has 0 aromatic heterocycles. The van der Waals surface area contributed by atoms with Gasteiger partial charge in [-0.1, -0.05) is 0 Å². The molecule has 0 fully saturated rings. The number of amides is 1. The van der Waals surface area contributed by atoms with E-state index in [1.54, 1.807) is 24.1 Å². The lowest BCUT2D eigenvalue weighted by atomic mass is 10.2. The van der Waals surface area contributed by atoms with E-state index >= 15 is 0 Å². The molecule has 0 bridgehead atoms. The molecule has 5 heteroatoms. The first-order valence-electron chi connectivity index (χ1n) is 5.27. The fourth-order valence-corrected chi connectivity index (χ4v) is 1.55. The summed E-state index contributed by atoms with van der Waals surface area (Å²) in [5.74, 6) is -0.588. The van der Waals surface area contributed by atoms with Gasteiger partial charge in [-0.15, -0.1) is 0 Å². The Labute approximate surface area is 109 Å². The maximum Gasteiger partial charge on any atom is 0.253 e. The molecule has 0 saturated carbocycles. The van der Waals surface area contributed by atoms with E-state index in [1.165, 1.54) is 6.07 Å². The highest BCUT2D eigenvalue weighted by Gasteiger charge is 2.13. The average molecular weight is 303 g/mol. The van der Waals surface area contributed by atoms with E-state index in [4.69, 9.17) is 0 Å². The third kappa shape index (κ3) is 4.09. The van der Waals surface area contributed by atoms with E-state index in [9.17, 15) is 9.18 Å². The van der Waals surface area contributed by atoms with E-state index in [-0.39, 0.29) is 5.91 Å². The van der Waals surface area contributed by atoms with Crippen LogP contribution >= 0.6 is 15.9 Å². The van der Waals surface area contributed by atoms with Crippen LogP contribution in [0, 0.1) is 5.82 Å². The van der Waals surface area contributed by atoms with Crippen LogP contribution in [-0.2, 0) is 0 Å². The maximum absolute atomic E-state index is 13.3. The summed E-state index contributed by atoms with van der Waals surface area (Å²) in [5, 5.41) is 0. The van der Waals surface area contributed by atoms with Crippen molar-refractivity contribution in [3.63, 3.8) is 0 Å². The first-order chi connectivity index (χ1) is 7.91. The first kappa shape index (κ1) is 14.1. The third-order valence-corrected chi connectivity index (χ3v) is 3.04. The van der Waals surface area contributed by atoms with Crippen LogP contribution in [0.3, 0.4) is 0 Å². The van der Waals surface area contributed by atoms with E-state index in [0.717, 1.165) is 6.54 Å². The second-order valence-electron chi connectivity index (χ2n) is 4.16. The van der Waals surface area contributed by atoms with E-state index in [2.05, 4.69) is 15.9 Å². The van der Waals surface area contributed by atoms with Crippen molar-refractivity contribution in [1.82, 2.24) is 9.80 Å². The van der Waals surface area contributed by atoms with Crippen LogP contribution < -0.4 is 0 Å². The Morgan fingerprint density at radius 3 is 2.47 bits per heavy atom. The Bertz CT molecular complexity index is 409. The van der Waals surface area contributed by atoms with Crippen molar-refractivity contribution >= 4 is 21.8 Å². The number of hydrogen-bond donors (Lipinski definition) is 0. The number of rotatable bonds is 4. The van der Waals surface area contributed by atoms with Crippen LogP contribution in [0.2, 0.25) is 0 Å². The lowest BCUT2D eigenvalue weighted by Crippen LogP contribution is -2.33. The molecule has 1 amide bonds. The quantitative estimate of drug-likeness (QED) is 0.851. The van der Waals surface area contributed by atoms with Crippen LogP contribution in [0.1, 0.15) is 10.4 Å². The molecule has 0 radical (unpaired) electrons. The summed E-state index contributed by atoms with van der Waals surface area (Å²) in [7, 11) is 5.60. The van der Waals surface area contributed by atoms with Gasteiger partial charge in [0.2, 0.25) is 0 Å². The van der Waals surface area contributed by atoms with Gasteiger partial charge in [-0.3, -0.25) is 4.79 Å². The molecule has 1 rings (SSSR count). The summed E-state index contributed by atoms with van der Waals surface area (Å²) in [4.78, 5) is 15.5. The van der Waals surface area contributed by atoms with Crippen molar-refractivity contribution in [2.45, 2.75) is 0 Å². The average Bonchev–Trinajstić information content (AvgIpc) is 2.28. The van der Waals surface area contributed by atoms with Crippen LogP contribution in [0.4, 0.5) is 4.39 Å². The molecule has 0 heterocycles. The van der Waals surface area contributed by atoms with Crippen molar-refractivity contribution in [3.05, 3.63) is 34.1 Å². The van der Waals surface area contributed by atoms with E-state index < -0.39 is 5.82 Å². The van der Waals surface area contributed by atoms with Gasteiger partial charge in [0.15, 0.2) is 0 Å². The van der Waals surface area contributed by atoms with Crippen LogP contribution in [0.5, 0.6) is 0 Å². The number of likely N-dealkylation sites (N-methyl/N-ethyl adjacent to an activating group) is 2. The van der Waals surface area contributed by atoms with Crippen molar-refractivity contribution < 1.29 is 9.18 Å². The van der Waals surface area contributed by atoms with Crippen LogP contribution in [0.25, 0.3) is 0 Å². The van der Waals surface area contributed by atoms with Gasteiger partial charge in [-0.25, -0.2) is 4.39 Å². The predicted octanol–water partition coefficient (Wildman–Crippen LogP) is 2.22. The Morgan fingerprint density at radius 1 is 1.29 bits per heavy atom. The Balaban J connectivity index is 2.71. The molecule has 1 aromatic carbocycles. The van der Waals surface area contributed by atoms with Crippen molar-refractivity contribution in [3.8, 4) is 0 Å². The topological polar surface area (TPSA) is 23.6 Å². The third-order valence-electron chi connectivity index (χ3n) is 2.40. The molecule has 0 aliphatic carbocycles. The van der Waals surface area contributed by atoms with Gasteiger partial charge in [-0.05, 0) is 48.2 Å². The standard InChI is InChI=1S/C12H16BrFN2O/c1-15(2)6-7-16(3)12(17)9-4-5-10(13)11(14)8-9/h4-5,8H,6-7H2,1-3H3. The number of hydrogen-bond acceptors (Lipinski definition) is 2. The molecule has 0 saturated heterocycles. The summed E-state index contributed by atoms with van der Waals surface area (Å²) >= 11 is 3.06. The molecule has 94 valence electrons. The number of nitrogens with zero attached hydrogens (tertiary/aromatic N) is 2. The maximum atomic E-state index is 13.3. The minimum Gasteiger partial charge on any atom is -0.340 e. The molecule has 3 nitrogen and oxygen atoms in total. The van der Waals surface area contributed by atoms with Crippen LogP contribution in [0.15, 0.2) is 22.7 Å². The molecular weight excluding hydrogens is 287 g/mol. The van der Waals surface area contributed by atoms with Crippen molar-refractivity contribution in [2.24, 2.45) is 0 Å². The Hall–Kier alpha value is -0.940. The van der Waals surface area contributed by atoms with Gasteiger partial charge in [0.1, 0.15) is 5.82 Å². The van der Waals surface area contributed by atoms with Crippen LogP contribution in [-0.4, -0.2) is 49.9 Å². The number of halogens is 2. The van der Waals surface area contributed by atoms with Gasteiger partial charge < -0.3 is 9.80 Å². The van der Waals surface area contributed by atoms with Gasteiger partial charge in [0, 0.05) is 25.7 Å². The highest BCUT2D eigenvalue weighted by atomic mass is 79.9. The number of carbonyl (C=O) groups is 1. The van der Waals surface area contributed by atoms with Crippen molar-refractivity contribution in [1.29, 1.82) is 0 Å². The minimum atomic E-state index is -0.420. The summed E-state index contributed by atoms with van der Waals surface area (Å²) < 4.78 is 13.7. The zero-order valence-corrected chi connectivity index (χ0v) is 11.8. The first-order valence-corrected chi connectivity index (χ1v) is 6.06. The Kier molecular flexibility index (Phi) is 5.08. The zero-order chi connectivity index (χ0) is 13.0. The van der Waals surface area contributed by atoms with Gasteiger partial charge in [0.25, 0.3) is 5.91 Å². The summed E-state index contributed by atoms with van der Waals surface area (Å²) in [5.41, 5.74) is 0.368. The van der Waals surface area contributed by atoms with Crippen molar-refractivity contribution in [2.75, 3.05) is 34.2 Å². The number of carbonyl (C=O) groups excluding carboxylic acids is 1. The monoisotopic (exact) mass is 302 g/mol. The molecule has 1 aromatic rings. The smallest absolute Gasteiger partial charge is 0.253 e. The summed E-state index contributed by atoms with van der Waals surface area (Å²) in [6.07, 6.45) is 0. The van der Waals surface area contributed by atoms with Gasteiger partial charge in [0.05, 0.1) is 4.47 Å². The molecule has 0 aliphatic rings. The SMILES string of the molecule is CN(C)CCN(C)C(=O)c1ccc(Br)c(F)c1. The normalized spacial score (nSPS) is 10.7. The fourth-order valence-electron chi connectivity index (χ4n) is 1.30. The van der Waals surface area contributed by atoms with Gasteiger partial charge >= 0.3 is 0 Å². The molecule has 0 N–H and O–H groups in total. The second kappa shape index (κ2) is 6.12. The lowest BCUT2D eigenvalue weighted by molar-refractivity contribution is 0.0786. The molecule has 0 unspecified atom stereocenters. The molecular formula is C12H16BrFN2O. The Morgan fingerprint density at radius 2 is 1.94 bits per heavy atom. The number of benzene rings is 1. The molecule has 0 atom stereocenters. The van der Waals surface area contributed by atoms with Gasteiger partial charge in [-0.2, -0.15) is 0 Å². The highest BCUT2D eigenvalue weighted by Crippen LogP contribution is 2.17. The predicted molar refractivity (Wildman–Crippen MR) is 69.6 cm³/mol. The minimum absolute atomic E-state index is 0.168. The fraction of sp³-hybridized carbons (Fsp3) is 0.417. The second-order valence-corrected chi connectivity index (χ2v) is 5.01. The van der Waals surface area contributed by atoms with E-state index in [1.807, 2.05) is 19.0 Å². The largest absolute Gasteiger partial charge is 0.340 e. The summed E-state index contributed by atoms with van der Waals surface area (Å²) in [6, 6.07) is 4.41. The molecule has 0 spiro atoms. The highest BCUT2D eigenvalue weighted by molar-refractivity contribution is 9.10. The molecule has 0 aliphatic heterocycles. The summed E-state index contributed by atoms with van der Waals surface area (Å²) in [6.45, 7) is 1.39. The zero-order valence-electron chi connectivity index (χ0n) is 10.2.